The van der Waals surface area contributed by atoms with Crippen LogP contribution in [0.5, 0.6) is 0 Å². The van der Waals surface area contributed by atoms with E-state index in [2.05, 4.69) is 0 Å². The molecule has 3 heteroatoms. The van der Waals surface area contributed by atoms with Crippen LogP contribution in [-0.2, 0) is 30.7 Å². The standard InChI is InChI=1S/C3H3O2.Pt/c1-3(5)2-4;/h1H3;. The molecule has 0 aromatic carbocycles. The summed E-state index contributed by atoms with van der Waals surface area (Å²) in [5, 5.41) is 0. The molecular formula is C3H3O2Pt. The van der Waals surface area contributed by atoms with Gasteiger partial charge >= 0.3 is 0 Å². The Hall–Kier alpha value is 0.0283. The van der Waals surface area contributed by atoms with E-state index in [1.165, 1.54) is 0 Å². The van der Waals surface area contributed by atoms with Crippen LogP contribution in [0.25, 0.3) is 0 Å². The molecule has 0 aliphatic carbocycles. The Morgan fingerprint density at radius 3 is 1.83 bits per heavy atom. The van der Waals surface area contributed by atoms with Crippen molar-refractivity contribution in [3.63, 3.8) is 0 Å². The molecule has 0 aromatic heterocycles. The molecule has 1 radical (unpaired) electrons. The van der Waals surface area contributed by atoms with E-state index in [0.717, 1.165) is 13.2 Å². The van der Waals surface area contributed by atoms with Gasteiger partial charge in [-0.2, -0.15) is 0 Å². The fourth-order valence-corrected chi connectivity index (χ4v) is 0. The summed E-state index contributed by atoms with van der Waals surface area (Å²) in [5.74, 6) is -0.551. The van der Waals surface area contributed by atoms with Crippen LogP contribution in [0.2, 0.25) is 0 Å². The topological polar surface area (TPSA) is 34.1 Å². The predicted octanol–water partition coefficient (Wildman–Crippen LogP) is -0.317. The SMILES string of the molecule is CC(=O)[C]=O.[Pt]. The molecule has 0 saturated carbocycles. The van der Waals surface area contributed by atoms with Crippen LogP contribution < -0.4 is 0 Å². The molecule has 37 valence electrons. The molecule has 0 saturated heterocycles. The van der Waals surface area contributed by atoms with Crippen molar-refractivity contribution in [1.29, 1.82) is 0 Å². The number of rotatable bonds is 1. The zero-order valence-corrected chi connectivity index (χ0v) is 5.40. The van der Waals surface area contributed by atoms with Crippen molar-refractivity contribution in [3.8, 4) is 0 Å². The zero-order valence-electron chi connectivity index (χ0n) is 3.13. The minimum atomic E-state index is -0.551. The van der Waals surface area contributed by atoms with E-state index in [9.17, 15) is 4.79 Å². The molecule has 0 aromatic rings. The molecule has 0 N–H and O–H groups in total. The number of carbonyl (C=O) groups is 1. The van der Waals surface area contributed by atoms with Crippen molar-refractivity contribution in [2.45, 2.75) is 6.92 Å². The third-order valence-electron chi connectivity index (χ3n) is 0.144. The van der Waals surface area contributed by atoms with Gasteiger partial charge < -0.3 is 0 Å². The van der Waals surface area contributed by atoms with Gasteiger partial charge in [0.25, 0.3) is 6.29 Å². The van der Waals surface area contributed by atoms with Gasteiger partial charge in [0, 0.05) is 28.0 Å². The molecule has 0 heterocycles. The fourth-order valence-electron chi connectivity index (χ4n) is 0. The molecule has 0 amide bonds. The molecule has 0 unspecified atom stereocenters. The van der Waals surface area contributed by atoms with Crippen molar-refractivity contribution in [2.75, 3.05) is 0 Å². The minimum absolute atomic E-state index is 0. The predicted molar refractivity (Wildman–Crippen MR) is 16.4 cm³/mol. The number of hydrogen-bond acceptors (Lipinski definition) is 2. The van der Waals surface area contributed by atoms with Crippen LogP contribution in [0.4, 0.5) is 0 Å². The van der Waals surface area contributed by atoms with Crippen molar-refractivity contribution < 1.29 is 30.7 Å². The van der Waals surface area contributed by atoms with Crippen LogP contribution in [-0.4, -0.2) is 12.1 Å². The Morgan fingerprint density at radius 2 is 1.83 bits per heavy atom. The summed E-state index contributed by atoms with van der Waals surface area (Å²) >= 11 is 0. The molecule has 0 bridgehead atoms. The fraction of sp³-hybridized carbons (Fsp3) is 0.333. The molecule has 0 aliphatic rings. The average molecular weight is 266 g/mol. The molecule has 2 nitrogen and oxygen atoms in total. The van der Waals surface area contributed by atoms with Gasteiger partial charge in [0.1, 0.15) is 0 Å². The van der Waals surface area contributed by atoms with Gasteiger partial charge in [0.05, 0.1) is 0 Å². The molecular weight excluding hydrogens is 263 g/mol. The van der Waals surface area contributed by atoms with Crippen molar-refractivity contribution >= 4 is 12.1 Å². The maximum Gasteiger partial charge on any atom is 0.271 e. The van der Waals surface area contributed by atoms with E-state index in [1.54, 1.807) is 0 Å². The van der Waals surface area contributed by atoms with E-state index < -0.39 is 5.78 Å². The van der Waals surface area contributed by atoms with E-state index in [-0.39, 0.29) is 21.1 Å². The van der Waals surface area contributed by atoms with Crippen LogP contribution >= 0.6 is 0 Å². The minimum Gasteiger partial charge on any atom is -0.291 e. The van der Waals surface area contributed by atoms with E-state index in [4.69, 9.17) is 4.79 Å². The third-order valence-corrected chi connectivity index (χ3v) is 0.144. The first kappa shape index (κ1) is 9.39. The molecule has 0 aliphatic heterocycles. The monoisotopic (exact) mass is 266 g/mol. The first-order valence-corrected chi connectivity index (χ1v) is 1.16. The van der Waals surface area contributed by atoms with Crippen LogP contribution in [0.15, 0.2) is 0 Å². The summed E-state index contributed by atoms with van der Waals surface area (Å²) < 4.78 is 0. The zero-order chi connectivity index (χ0) is 4.28. The average Bonchev–Trinajstić information content (AvgIpc) is 1.38. The maximum atomic E-state index is 9.39. The number of carbonyl (C=O) groups excluding carboxylic acids is 2. The largest absolute Gasteiger partial charge is 0.291 e. The summed E-state index contributed by atoms with van der Waals surface area (Å²) in [6.45, 7) is 1.16. The Labute approximate surface area is 50.2 Å². The summed E-state index contributed by atoms with van der Waals surface area (Å²) in [7, 11) is 0. The smallest absolute Gasteiger partial charge is 0.271 e. The second kappa shape index (κ2) is 5.03. The first-order valence-electron chi connectivity index (χ1n) is 1.16. The van der Waals surface area contributed by atoms with Crippen molar-refractivity contribution in [1.82, 2.24) is 0 Å². The Balaban J connectivity index is 0. The number of hydrogen-bond donors (Lipinski definition) is 0. The number of ketones is 1. The van der Waals surface area contributed by atoms with E-state index >= 15 is 0 Å². The molecule has 0 atom stereocenters. The van der Waals surface area contributed by atoms with Crippen LogP contribution in [0, 0.1) is 0 Å². The van der Waals surface area contributed by atoms with Gasteiger partial charge in [0.15, 0.2) is 0 Å². The second-order valence-corrected chi connectivity index (χ2v) is 0.658. The molecule has 0 spiro atoms. The normalized spacial score (nSPS) is 5.50. The van der Waals surface area contributed by atoms with Crippen molar-refractivity contribution in [3.05, 3.63) is 0 Å². The molecule has 6 heavy (non-hydrogen) atoms. The quantitative estimate of drug-likeness (QED) is 0.610. The molecule has 0 rings (SSSR count). The Morgan fingerprint density at radius 1 is 1.67 bits per heavy atom. The Bertz CT molecular complexity index is 59.8. The van der Waals surface area contributed by atoms with Crippen molar-refractivity contribution in [2.24, 2.45) is 0 Å². The maximum absolute atomic E-state index is 9.39. The van der Waals surface area contributed by atoms with Gasteiger partial charge in [-0.1, -0.05) is 0 Å². The summed E-state index contributed by atoms with van der Waals surface area (Å²) in [6, 6.07) is 0. The summed E-state index contributed by atoms with van der Waals surface area (Å²) in [6.07, 6.45) is 1.14. The summed E-state index contributed by atoms with van der Waals surface area (Å²) in [5.41, 5.74) is 0. The third kappa shape index (κ3) is 8.98. The Kier molecular flexibility index (Phi) is 7.87. The van der Waals surface area contributed by atoms with Gasteiger partial charge in [-0.05, 0) is 0 Å². The van der Waals surface area contributed by atoms with E-state index in [0.29, 0.717) is 0 Å². The van der Waals surface area contributed by atoms with Gasteiger partial charge in [0.2, 0.25) is 5.78 Å². The van der Waals surface area contributed by atoms with Gasteiger partial charge in [-0.25, -0.2) is 0 Å². The van der Waals surface area contributed by atoms with Gasteiger partial charge in [-0.15, -0.1) is 0 Å². The first-order chi connectivity index (χ1) is 2.27. The molecule has 0 fully saturated rings. The van der Waals surface area contributed by atoms with Crippen LogP contribution in [0.1, 0.15) is 6.92 Å². The van der Waals surface area contributed by atoms with Gasteiger partial charge in [-0.3, -0.25) is 9.59 Å². The second-order valence-electron chi connectivity index (χ2n) is 0.658. The summed E-state index contributed by atoms with van der Waals surface area (Å²) in [4.78, 5) is 18.4. The van der Waals surface area contributed by atoms with Crippen LogP contribution in [0.3, 0.4) is 0 Å². The van der Waals surface area contributed by atoms with E-state index in [1.807, 2.05) is 0 Å². The number of Topliss-reactive ketones (excluding diaryl/α,β-unsaturated/α-hetero) is 1.